The predicted molar refractivity (Wildman–Crippen MR) is 101 cm³/mol. The Bertz CT molecular complexity index is 776. The van der Waals surface area contributed by atoms with Gasteiger partial charge >= 0.3 is 0 Å². The first-order chi connectivity index (χ1) is 12.6. The summed E-state index contributed by atoms with van der Waals surface area (Å²) in [5, 5.41) is 0. The summed E-state index contributed by atoms with van der Waals surface area (Å²) in [4.78, 5) is 28.5. The van der Waals surface area contributed by atoms with E-state index in [1.807, 2.05) is 61.5 Å². The molecule has 0 aliphatic carbocycles. The van der Waals surface area contributed by atoms with Crippen LogP contribution in [0.15, 0.2) is 54.6 Å². The fourth-order valence-electron chi connectivity index (χ4n) is 3.23. The minimum atomic E-state index is -0.0646. The molecule has 1 fully saturated rings. The summed E-state index contributed by atoms with van der Waals surface area (Å²) >= 11 is 0. The summed E-state index contributed by atoms with van der Waals surface area (Å²) in [5.41, 5.74) is 1.95. The van der Waals surface area contributed by atoms with Gasteiger partial charge in [-0.1, -0.05) is 43.3 Å². The molecule has 5 nitrogen and oxygen atoms in total. The molecule has 0 radical (unpaired) electrons. The number of amides is 2. The smallest absolute Gasteiger partial charge is 0.246 e. The molecule has 0 saturated carbocycles. The van der Waals surface area contributed by atoms with E-state index in [1.54, 1.807) is 16.9 Å². The lowest BCUT2D eigenvalue weighted by Gasteiger charge is -2.35. The summed E-state index contributed by atoms with van der Waals surface area (Å²) in [7, 11) is 1.60. The van der Waals surface area contributed by atoms with Gasteiger partial charge in [0, 0.05) is 31.3 Å². The molecule has 0 spiro atoms. The Kier molecular flexibility index (Phi) is 5.56. The number of carbonyl (C=O) groups excluding carboxylic acids is 2. The molecule has 3 rings (SSSR count). The van der Waals surface area contributed by atoms with Crippen LogP contribution in [0.2, 0.25) is 0 Å². The molecular formula is C21H24N2O3. The molecule has 2 aromatic carbocycles. The second-order valence-electron chi connectivity index (χ2n) is 6.58. The lowest BCUT2D eigenvalue weighted by atomic mass is 9.97. The Morgan fingerprint density at radius 1 is 1.12 bits per heavy atom. The van der Waals surface area contributed by atoms with Gasteiger partial charge in [0.2, 0.25) is 11.8 Å². The zero-order valence-corrected chi connectivity index (χ0v) is 15.2. The third-order valence-electron chi connectivity index (χ3n) is 4.79. The van der Waals surface area contributed by atoms with E-state index < -0.39 is 0 Å². The average molecular weight is 352 g/mol. The Balaban J connectivity index is 1.61. The average Bonchev–Trinajstić information content (AvgIpc) is 2.68. The van der Waals surface area contributed by atoms with E-state index in [-0.39, 0.29) is 24.3 Å². The molecule has 2 amide bonds. The van der Waals surface area contributed by atoms with Crippen LogP contribution in [0.1, 0.15) is 24.8 Å². The maximum atomic E-state index is 12.6. The van der Waals surface area contributed by atoms with Crippen molar-refractivity contribution in [1.29, 1.82) is 0 Å². The van der Waals surface area contributed by atoms with Crippen molar-refractivity contribution in [3.8, 4) is 5.75 Å². The number of nitrogens with zero attached hydrogens (tertiary/aromatic N) is 2. The number of ether oxygens (including phenoxy) is 1. The SMILES string of the molecule is COc1cccc(N2CCN(C(=O)C[C@@H](C)c3ccccc3)CC2=O)c1. The number of hydrogen-bond donors (Lipinski definition) is 0. The molecule has 1 heterocycles. The normalized spacial score (nSPS) is 15.7. The highest BCUT2D eigenvalue weighted by molar-refractivity contribution is 5.98. The molecule has 26 heavy (non-hydrogen) atoms. The van der Waals surface area contributed by atoms with Crippen molar-refractivity contribution in [3.05, 3.63) is 60.2 Å². The lowest BCUT2D eigenvalue weighted by Crippen LogP contribution is -2.52. The van der Waals surface area contributed by atoms with Crippen LogP contribution in [0, 0.1) is 0 Å². The molecule has 136 valence electrons. The lowest BCUT2D eigenvalue weighted by molar-refractivity contribution is -0.137. The molecule has 1 aliphatic heterocycles. The van der Waals surface area contributed by atoms with Crippen molar-refractivity contribution < 1.29 is 14.3 Å². The van der Waals surface area contributed by atoms with Gasteiger partial charge in [-0.3, -0.25) is 9.59 Å². The van der Waals surface area contributed by atoms with Crippen molar-refractivity contribution in [3.63, 3.8) is 0 Å². The van der Waals surface area contributed by atoms with Crippen molar-refractivity contribution in [2.45, 2.75) is 19.3 Å². The molecule has 2 aromatic rings. The van der Waals surface area contributed by atoms with Gasteiger partial charge in [0.25, 0.3) is 0 Å². The molecule has 0 N–H and O–H groups in total. The van der Waals surface area contributed by atoms with Gasteiger partial charge in [-0.15, -0.1) is 0 Å². The van der Waals surface area contributed by atoms with Crippen LogP contribution in [-0.4, -0.2) is 43.5 Å². The van der Waals surface area contributed by atoms with Crippen LogP contribution in [0.25, 0.3) is 0 Å². The summed E-state index contributed by atoms with van der Waals surface area (Å²) in [6, 6.07) is 17.4. The van der Waals surface area contributed by atoms with E-state index in [0.717, 1.165) is 11.3 Å². The molecule has 1 aliphatic rings. The van der Waals surface area contributed by atoms with Gasteiger partial charge in [0.05, 0.1) is 7.11 Å². The quantitative estimate of drug-likeness (QED) is 0.831. The first-order valence-electron chi connectivity index (χ1n) is 8.85. The number of anilines is 1. The van der Waals surface area contributed by atoms with Crippen LogP contribution < -0.4 is 9.64 Å². The second kappa shape index (κ2) is 8.04. The van der Waals surface area contributed by atoms with E-state index in [9.17, 15) is 9.59 Å². The number of piperazine rings is 1. The Morgan fingerprint density at radius 2 is 1.88 bits per heavy atom. The van der Waals surface area contributed by atoms with Crippen LogP contribution in [0.4, 0.5) is 5.69 Å². The number of rotatable bonds is 5. The summed E-state index contributed by atoms with van der Waals surface area (Å²) in [6.07, 6.45) is 0.413. The van der Waals surface area contributed by atoms with Gasteiger partial charge in [-0.25, -0.2) is 0 Å². The highest BCUT2D eigenvalue weighted by Gasteiger charge is 2.28. The standard InChI is InChI=1S/C21H24N2O3/c1-16(17-7-4-3-5-8-17)13-20(24)22-11-12-23(21(25)15-22)18-9-6-10-19(14-18)26-2/h3-10,14,16H,11-13,15H2,1-2H3/t16-/m1/s1. The van der Waals surface area contributed by atoms with E-state index >= 15 is 0 Å². The first kappa shape index (κ1) is 18.0. The summed E-state index contributed by atoms with van der Waals surface area (Å²) in [6.45, 7) is 3.21. The van der Waals surface area contributed by atoms with Gasteiger partial charge in [0.15, 0.2) is 0 Å². The minimum Gasteiger partial charge on any atom is -0.497 e. The zero-order chi connectivity index (χ0) is 18.5. The molecule has 0 unspecified atom stereocenters. The molecule has 5 heteroatoms. The number of methoxy groups -OCH3 is 1. The Hall–Kier alpha value is -2.82. The number of carbonyl (C=O) groups is 2. The van der Waals surface area contributed by atoms with E-state index in [2.05, 4.69) is 0 Å². The van der Waals surface area contributed by atoms with Crippen molar-refractivity contribution >= 4 is 17.5 Å². The highest BCUT2D eigenvalue weighted by atomic mass is 16.5. The number of benzene rings is 2. The predicted octanol–water partition coefficient (Wildman–Crippen LogP) is 3.06. The fourth-order valence-corrected chi connectivity index (χ4v) is 3.23. The van der Waals surface area contributed by atoms with Crippen LogP contribution in [0.5, 0.6) is 5.75 Å². The zero-order valence-electron chi connectivity index (χ0n) is 15.2. The van der Waals surface area contributed by atoms with Gasteiger partial charge in [0.1, 0.15) is 12.3 Å². The van der Waals surface area contributed by atoms with Gasteiger partial charge in [-0.05, 0) is 23.6 Å². The third-order valence-corrected chi connectivity index (χ3v) is 4.79. The largest absolute Gasteiger partial charge is 0.497 e. The highest BCUT2D eigenvalue weighted by Crippen LogP contribution is 2.24. The third kappa shape index (κ3) is 4.04. The van der Waals surface area contributed by atoms with Crippen molar-refractivity contribution in [2.75, 3.05) is 31.6 Å². The molecule has 0 aromatic heterocycles. The van der Waals surface area contributed by atoms with E-state index in [1.165, 1.54) is 0 Å². The molecule has 1 atom stereocenters. The van der Waals surface area contributed by atoms with E-state index in [4.69, 9.17) is 4.74 Å². The Labute approximate surface area is 154 Å². The molecule has 1 saturated heterocycles. The first-order valence-corrected chi connectivity index (χ1v) is 8.85. The van der Waals surface area contributed by atoms with Crippen molar-refractivity contribution in [2.24, 2.45) is 0 Å². The van der Waals surface area contributed by atoms with Crippen molar-refractivity contribution in [1.82, 2.24) is 4.90 Å². The molecular weight excluding hydrogens is 328 g/mol. The number of hydrogen-bond acceptors (Lipinski definition) is 3. The minimum absolute atomic E-state index is 0.0278. The van der Waals surface area contributed by atoms with E-state index in [0.29, 0.717) is 25.3 Å². The Morgan fingerprint density at radius 3 is 2.58 bits per heavy atom. The van der Waals surface area contributed by atoms with Crippen LogP contribution in [0.3, 0.4) is 0 Å². The van der Waals surface area contributed by atoms with Gasteiger partial charge in [-0.2, -0.15) is 0 Å². The van der Waals surface area contributed by atoms with Gasteiger partial charge < -0.3 is 14.5 Å². The topological polar surface area (TPSA) is 49.9 Å². The maximum Gasteiger partial charge on any atom is 0.246 e. The van der Waals surface area contributed by atoms with Crippen LogP contribution >= 0.6 is 0 Å². The molecule has 0 bridgehead atoms. The fraction of sp³-hybridized carbons (Fsp3) is 0.333. The maximum absolute atomic E-state index is 12.6. The van der Waals surface area contributed by atoms with Crippen LogP contribution in [-0.2, 0) is 9.59 Å². The summed E-state index contributed by atoms with van der Waals surface area (Å²) < 4.78 is 5.22. The monoisotopic (exact) mass is 352 g/mol. The summed E-state index contributed by atoms with van der Waals surface area (Å²) in [5.74, 6) is 0.811. The second-order valence-corrected chi connectivity index (χ2v) is 6.58.